The molecule has 2 aromatic carbocycles. The summed E-state index contributed by atoms with van der Waals surface area (Å²) in [6, 6.07) is 13.6. The fourth-order valence-electron chi connectivity index (χ4n) is 2.83. The van der Waals surface area contributed by atoms with Gasteiger partial charge in [0.1, 0.15) is 11.9 Å². The number of rotatable bonds is 5. The average Bonchev–Trinajstić information content (AvgIpc) is 3.39. The highest BCUT2D eigenvalue weighted by molar-refractivity contribution is 5.82. The molecule has 4 rings (SSSR count). The number of H-pyrrole nitrogens is 1. The molecular weight excluding hydrogens is 320 g/mol. The highest BCUT2D eigenvalue weighted by atomic mass is 16.6. The van der Waals surface area contributed by atoms with E-state index < -0.39 is 11.0 Å². The van der Waals surface area contributed by atoms with E-state index in [0.29, 0.717) is 16.9 Å². The third-order valence-electron chi connectivity index (χ3n) is 4.34. The molecule has 2 N–H and O–H groups in total. The summed E-state index contributed by atoms with van der Waals surface area (Å²) in [5.41, 5.74) is 2.11. The molecule has 1 saturated carbocycles. The van der Waals surface area contributed by atoms with E-state index in [1.54, 1.807) is 6.07 Å². The number of amides is 1. The standard InChI is InChI=1S/C18H16N4O3/c23-18(12-6-7-12)21-16(11-4-2-1-3-5-11)17-19-14-9-8-13(22(24)25)10-15(14)20-17/h1-5,8-10,12,16H,6-7H2,(H,19,20)(H,21,23). The van der Waals surface area contributed by atoms with Crippen LogP contribution in [-0.4, -0.2) is 20.8 Å². The van der Waals surface area contributed by atoms with Crippen LogP contribution < -0.4 is 5.32 Å². The number of nitrogens with zero attached hydrogens (tertiary/aromatic N) is 2. The number of non-ortho nitro benzene ring substituents is 1. The summed E-state index contributed by atoms with van der Waals surface area (Å²) >= 11 is 0. The van der Waals surface area contributed by atoms with Gasteiger partial charge in [0.2, 0.25) is 5.91 Å². The Hall–Kier alpha value is -3.22. The van der Waals surface area contributed by atoms with Gasteiger partial charge in [-0.2, -0.15) is 0 Å². The third kappa shape index (κ3) is 3.08. The van der Waals surface area contributed by atoms with Gasteiger partial charge in [-0.25, -0.2) is 4.98 Å². The maximum Gasteiger partial charge on any atom is 0.271 e. The lowest BCUT2D eigenvalue weighted by Gasteiger charge is -2.17. The number of aromatic nitrogens is 2. The normalized spacial score (nSPS) is 15.0. The van der Waals surface area contributed by atoms with Gasteiger partial charge in [-0.1, -0.05) is 30.3 Å². The molecule has 1 aliphatic rings. The van der Waals surface area contributed by atoms with Crippen LogP contribution in [-0.2, 0) is 4.79 Å². The number of carbonyl (C=O) groups is 1. The molecule has 1 aliphatic carbocycles. The SMILES string of the molecule is O=C(NC(c1ccccc1)c1nc2ccc([N+](=O)[O-])cc2[nH]1)C1CC1. The number of benzene rings is 2. The smallest absolute Gasteiger partial charge is 0.271 e. The molecule has 1 aromatic heterocycles. The van der Waals surface area contributed by atoms with Crippen molar-refractivity contribution in [2.45, 2.75) is 18.9 Å². The largest absolute Gasteiger partial charge is 0.342 e. The number of hydrogen-bond acceptors (Lipinski definition) is 4. The number of nitro groups is 1. The van der Waals surface area contributed by atoms with Crippen molar-refractivity contribution in [3.8, 4) is 0 Å². The van der Waals surface area contributed by atoms with Crippen LogP contribution in [0, 0.1) is 16.0 Å². The second kappa shape index (κ2) is 6.01. The Balaban J connectivity index is 1.74. The molecule has 0 bridgehead atoms. The summed E-state index contributed by atoms with van der Waals surface area (Å²) in [7, 11) is 0. The van der Waals surface area contributed by atoms with Crippen molar-refractivity contribution in [3.05, 3.63) is 70.0 Å². The van der Waals surface area contributed by atoms with Crippen LogP contribution in [0.3, 0.4) is 0 Å². The van der Waals surface area contributed by atoms with E-state index in [9.17, 15) is 14.9 Å². The lowest BCUT2D eigenvalue weighted by Crippen LogP contribution is -2.31. The van der Waals surface area contributed by atoms with E-state index in [0.717, 1.165) is 18.4 Å². The summed E-state index contributed by atoms with van der Waals surface area (Å²) in [4.78, 5) is 30.4. The van der Waals surface area contributed by atoms with Crippen LogP contribution in [0.5, 0.6) is 0 Å². The van der Waals surface area contributed by atoms with Crippen LogP contribution in [0.15, 0.2) is 48.5 Å². The van der Waals surface area contributed by atoms with Crippen molar-refractivity contribution >= 4 is 22.6 Å². The molecule has 1 amide bonds. The third-order valence-corrected chi connectivity index (χ3v) is 4.34. The van der Waals surface area contributed by atoms with E-state index in [4.69, 9.17) is 0 Å². The molecule has 7 heteroatoms. The lowest BCUT2D eigenvalue weighted by atomic mass is 10.1. The number of nitrogens with one attached hydrogen (secondary N) is 2. The first kappa shape index (κ1) is 15.3. The molecule has 0 saturated heterocycles. The maximum atomic E-state index is 12.3. The quantitative estimate of drug-likeness (QED) is 0.552. The summed E-state index contributed by atoms with van der Waals surface area (Å²) < 4.78 is 0. The van der Waals surface area contributed by atoms with Crippen molar-refractivity contribution in [2.75, 3.05) is 0 Å². The molecule has 0 spiro atoms. The number of nitro benzene ring substituents is 1. The van der Waals surface area contributed by atoms with Crippen molar-refractivity contribution in [2.24, 2.45) is 5.92 Å². The Morgan fingerprint density at radius 3 is 2.68 bits per heavy atom. The lowest BCUT2D eigenvalue weighted by molar-refractivity contribution is -0.384. The predicted molar refractivity (Wildman–Crippen MR) is 91.9 cm³/mol. The van der Waals surface area contributed by atoms with Gasteiger partial charge < -0.3 is 10.3 Å². The second-order valence-corrected chi connectivity index (χ2v) is 6.21. The minimum absolute atomic E-state index is 0.000905. The molecule has 1 heterocycles. The molecular formula is C18H16N4O3. The van der Waals surface area contributed by atoms with Gasteiger partial charge in [0.15, 0.2) is 0 Å². The topological polar surface area (TPSA) is 101 Å². The number of hydrogen-bond donors (Lipinski definition) is 2. The summed E-state index contributed by atoms with van der Waals surface area (Å²) in [5.74, 6) is 0.660. The zero-order valence-electron chi connectivity index (χ0n) is 13.3. The van der Waals surface area contributed by atoms with Gasteiger partial charge in [0.05, 0.1) is 16.0 Å². The Bertz CT molecular complexity index is 947. The summed E-state index contributed by atoms with van der Waals surface area (Å²) in [5, 5.41) is 14.0. The van der Waals surface area contributed by atoms with Crippen molar-refractivity contribution in [1.82, 2.24) is 15.3 Å². The molecule has 0 radical (unpaired) electrons. The minimum atomic E-state index is -0.441. The maximum absolute atomic E-state index is 12.3. The van der Waals surface area contributed by atoms with Gasteiger partial charge in [-0.3, -0.25) is 14.9 Å². The molecule has 25 heavy (non-hydrogen) atoms. The number of aromatic amines is 1. The fourth-order valence-corrected chi connectivity index (χ4v) is 2.83. The first-order valence-electron chi connectivity index (χ1n) is 8.11. The molecule has 1 atom stereocenters. The highest BCUT2D eigenvalue weighted by Crippen LogP contribution is 2.31. The van der Waals surface area contributed by atoms with E-state index in [-0.39, 0.29) is 17.5 Å². The summed E-state index contributed by atoms with van der Waals surface area (Å²) in [6.07, 6.45) is 1.83. The van der Waals surface area contributed by atoms with Crippen LogP contribution in [0.2, 0.25) is 0 Å². The summed E-state index contributed by atoms with van der Waals surface area (Å²) in [6.45, 7) is 0. The van der Waals surface area contributed by atoms with Crippen LogP contribution in [0.25, 0.3) is 11.0 Å². The number of fused-ring (bicyclic) bond motifs is 1. The monoisotopic (exact) mass is 336 g/mol. The fraction of sp³-hybridized carbons (Fsp3) is 0.222. The van der Waals surface area contributed by atoms with Gasteiger partial charge in [-0.15, -0.1) is 0 Å². The number of imidazole rings is 1. The van der Waals surface area contributed by atoms with E-state index in [2.05, 4.69) is 15.3 Å². The number of carbonyl (C=O) groups excluding carboxylic acids is 1. The van der Waals surface area contributed by atoms with E-state index in [1.807, 2.05) is 30.3 Å². The van der Waals surface area contributed by atoms with Crippen LogP contribution in [0.4, 0.5) is 5.69 Å². The van der Waals surface area contributed by atoms with Crippen LogP contribution in [0.1, 0.15) is 30.3 Å². The molecule has 126 valence electrons. The molecule has 1 unspecified atom stereocenters. The van der Waals surface area contributed by atoms with Gasteiger partial charge in [0, 0.05) is 18.1 Å². The predicted octanol–water partition coefficient (Wildman–Crippen LogP) is 3.09. The Labute approximate surface area is 143 Å². The van der Waals surface area contributed by atoms with Crippen molar-refractivity contribution in [1.29, 1.82) is 0 Å². The highest BCUT2D eigenvalue weighted by Gasteiger charge is 2.32. The first-order valence-corrected chi connectivity index (χ1v) is 8.11. The zero-order valence-corrected chi connectivity index (χ0v) is 13.3. The van der Waals surface area contributed by atoms with Gasteiger partial charge in [-0.05, 0) is 24.5 Å². The van der Waals surface area contributed by atoms with Gasteiger partial charge in [0.25, 0.3) is 5.69 Å². The average molecular weight is 336 g/mol. The molecule has 3 aromatic rings. The minimum Gasteiger partial charge on any atom is -0.342 e. The molecule has 0 aliphatic heterocycles. The molecule has 1 fully saturated rings. The second-order valence-electron chi connectivity index (χ2n) is 6.21. The Morgan fingerprint density at radius 2 is 2.00 bits per heavy atom. The Morgan fingerprint density at radius 1 is 1.24 bits per heavy atom. The van der Waals surface area contributed by atoms with E-state index in [1.165, 1.54) is 12.1 Å². The first-order chi connectivity index (χ1) is 12.1. The molecule has 7 nitrogen and oxygen atoms in total. The zero-order chi connectivity index (χ0) is 17.4. The van der Waals surface area contributed by atoms with Crippen molar-refractivity contribution < 1.29 is 9.72 Å². The van der Waals surface area contributed by atoms with Crippen LogP contribution >= 0.6 is 0 Å². The Kier molecular flexibility index (Phi) is 3.68. The van der Waals surface area contributed by atoms with E-state index >= 15 is 0 Å². The van der Waals surface area contributed by atoms with Crippen molar-refractivity contribution in [3.63, 3.8) is 0 Å². The van der Waals surface area contributed by atoms with Gasteiger partial charge >= 0.3 is 0 Å².